The number of benzene rings is 6. The molecule has 0 saturated heterocycles. The Morgan fingerprint density at radius 1 is 0.400 bits per heavy atom. The van der Waals surface area contributed by atoms with E-state index in [9.17, 15) is 5.26 Å². The Morgan fingerprint density at radius 3 is 1.45 bits per heavy atom. The lowest BCUT2D eigenvalue weighted by atomic mass is 9.91. The summed E-state index contributed by atoms with van der Waals surface area (Å²) in [6.07, 6.45) is 0. The van der Waals surface area contributed by atoms with Gasteiger partial charge in [-0.15, -0.1) is 0 Å². The first-order valence-corrected chi connectivity index (χ1v) is 13.2. The number of rotatable bonds is 3. The fraction of sp³-hybridized carbons (Fsp3) is 0. The fourth-order valence-electron chi connectivity index (χ4n) is 5.76. The van der Waals surface area contributed by atoms with Gasteiger partial charge in [-0.25, -0.2) is 0 Å². The molecule has 8 aromatic rings. The summed E-state index contributed by atoms with van der Waals surface area (Å²) in [5.74, 6) is 0. The van der Waals surface area contributed by atoms with Crippen molar-refractivity contribution in [1.82, 2.24) is 0 Å². The van der Waals surface area contributed by atoms with Crippen molar-refractivity contribution >= 4 is 43.9 Å². The molecule has 0 atom stereocenters. The van der Waals surface area contributed by atoms with E-state index in [0.717, 1.165) is 77.3 Å². The highest BCUT2D eigenvalue weighted by atomic mass is 16.3. The van der Waals surface area contributed by atoms with Crippen molar-refractivity contribution in [3.8, 4) is 39.4 Å². The molecule has 186 valence electrons. The Labute approximate surface area is 230 Å². The maximum absolute atomic E-state index is 9.87. The maximum Gasteiger partial charge on any atom is 0.135 e. The molecule has 0 spiro atoms. The molecular formula is C37H21NO2. The second-order valence-corrected chi connectivity index (χ2v) is 10.1. The summed E-state index contributed by atoms with van der Waals surface area (Å²) in [4.78, 5) is 0. The average Bonchev–Trinajstić information content (AvgIpc) is 3.58. The van der Waals surface area contributed by atoms with Gasteiger partial charge in [-0.2, -0.15) is 5.26 Å². The zero-order valence-corrected chi connectivity index (χ0v) is 21.4. The van der Waals surface area contributed by atoms with Gasteiger partial charge in [0.2, 0.25) is 0 Å². The van der Waals surface area contributed by atoms with Crippen LogP contribution in [0.4, 0.5) is 0 Å². The van der Waals surface area contributed by atoms with Crippen LogP contribution >= 0.6 is 0 Å². The van der Waals surface area contributed by atoms with Crippen LogP contribution in [0.5, 0.6) is 0 Å². The number of para-hydroxylation sites is 2. The van der Waals surface area contributed by atoms with Crippen LogP contribution in [0.3, 0.4) is 0 Å². The van der Waals surface area contributed by atoms with E-state index in [-0.39, 0.29) is 0 Å². The highest BCUT2D eigenvalue weighted by Crippen LogP contribution is 2.38. The first-order valence-electron chi connectivity index (χ1n) is 13.2. The molecule has 0 radical (unpaired) electrons. The zero-order valence-electron chi connectivity index (χ0n) is 21.4. The highest BCUT2D eigenvalue weighted by Gasteiger charge is 2.14. The molecule has 0 aliphatic rings. The van der Waals surface area contributed by atoms with Crippen molar-refractivity contribution < 1.29 is 8.83 Å². The normalized spacial score (nSPS) is 11.5. The van der Waals surface area contributed by atoms with Crippen LogP contribution in [0.2, 0.25) is 0 Å². The van der Waals surface area contributed by atoms with E-state index < -0.39 is 0 Å². The van der Waals surface area contributed by atoms with Gasteiger partial charge in [0.25, 0.3) is 0 Å². The molecular weight excluding hydrogens is 490 g/mol. The topological polar surface area (TPSA) is 50.1 Å². The van der Waals surface area contributed by atoms with Gasteiger partial charge in [-0.05, 0) is 94.0 Å². The number of furan rings is 2. The lowest BCUT2D eigenvalue weighted by molar-refractivity contribution is 0.668. The summed E-state index contributed by atoms with van der Waals surface area (Å²) in [6, 6.07) is 45.7. The van der Waals surface area contributed by atoms with E-state index in [0.29, 0.717) is 5.56 Å². The SMILES string of the molecule is N#Cc1ccccc1-c1cc(-c2ccc3oc4ccccc4c3c2)cc(-c2ccc3oc4ccccc4c3c2)c1. The summed E-state index contributed by atoms with van der Waals surface area (Å²) >= 11 is 0. The van der Waals surface area contributed by atoms with Crippen LogP contribution in [0.1, 0.15) is 5.56 Å². The van der Waals surface area contributed by atoms with Gasteiger partial charge < -0.3 is 8.83 Å². The molecule has 0 unspecified atom stereocenters. The number of nitrogens with zero attached hydrogens (tertiary/aromatic N) is 1. The monoisotopic (exact) mass is 511 g/mol. The lowest BCUT2D eigenvalue weighted by Crippen LogP contribution is -1.89. The van der Waals surface area contributed by atoms with Gasteiger partial charge in [0.05, 0.1) is 11.6 Å². The third-order valence-corrected chi connectivity index (χ3v) is 7.71. The first kappa shape index (κ1) is 22.4. The van der Waals surface area contributed by atoms with E-state index in [2.05, 4.69) is 60.7 Å². The summed E-state index contributed by atoms with van der Waals surface area (Å²) in [5, 5.41) is 14.2. The van der Waals surface area contributed by atoms with Gasteiger partial charge >= 0.3 is 0 Å². The average molecular weight is 512 g/mol. The quantitative estimate of drug-likeness (QED) is 0.237. The molecule has 6 aromatic carbocycles. The molecule has 3 heteroatoms. The number of hydrogen-bond acceptors (Lipinski definition) is 3. The molecule has 0 amide bonds. The number of hydrogen-bond donors (Lipinski definition) is 0. The Morgan fingerprint density at radius 2 is 0.875 bits per heavy atom. The summed E-state index contributed by atoms with van der Waals surface area (Å²) in [7, 11) is 0. The minimum absolute atomic E-state index is 0.651. The number of nitriles is 1. The molecule has 0 N–H and O–H groups in total. The van der Waals surface area contributed by atoms with E-state index in [1.807, 2.05) is 72.8 Å². The third kappa shape index (κ3) is 3.51. The van der Waals surface area contributed by atoms with Crippen molar-refractivity contribution in [1.29, 1.82) is 5.26 Å². The fourth-order valence-corrected chi connectivity index (χ4v) is 5.76. The molecule has 2 aromatic heterocycles. The van der Waals surface area contributed by atoms with Crippen molar-refractivity contribution in [2.75, 3.05) is 0 Å². The minimum Gasteiger partial charge on any atom is -0.456 e. The Balaban J connectivity index is 1.37. The van der Waals surface area contributed by atoms with Crippen LogP contribution in [0.25, 0.3) is 77.3 Å². The van der Waals surface area contributed by atoms with Crippen LogP contribution < -0.4 is 0 Å². The predicted octanol–water partition coefficient (Wildman–Crippen LogP) is 10.4. The van der Waals surface area contributed by atoms with Gasteiger partial charge in [-0.3, -0.25) is 0 Å². The van der Waals surface area contributed by atoms with Crippen LogP contribution in [0, 0.1) is 11.3 Å². The Hall–Kier alpha value is -5.59. The molecule has 0 aliphatic carbocycles. The van der Waals surface area contributed by atoms with Crippen LogP contribution in [0.15, 0.2) is 136 Å². The molecule has 0 aliphatic heterocycles. The molecule has 2 heterocycles. The minimum atomic E-state index is 0.651. The maximum atomic E-state index is 9.87. The Kier molecular flexibility index (Phi) is 4.89. The Bertz CT molecular complexity index is 2160. The largest absolute Gasteiger partial charge is 0.456 e. The van der Waals surface area contributed by atoms with Crippen molar-refractivity contribution in [3.63, 3.8) is 0 Å². The smallest absolute Gasteiger partial charge is 0.135 e. The van der Waals surface area contributed by atoms with E-state index in [1.165, 1.54) is 0 Å². The zero-order chi connectivity index (χ0) is 26.6. The second-order valence-electron chi connectivity index (χ2n) is 10.1. The third-order valence-electron chi connectivity index (χ3n) is 7.71. The summed E-state index contributed by atoms with van der Waals surface area (Å²) in [5.41, 5.74) is 10.4. The number of fused-ring (bicyclic) bond motifs is 6. The van der Waals surface area contributed by atoms with Crippen LogP contribution in [-0.4, -0.2) is 0 Å². The van der Waals surface area contributed by atoms with Crippen molar-refractivity contribution in [3.05, 3.63) is 133 Å². The van der Waals surface area contributed by atoms with Gasteiger partial charge in [0.15, 0.2) is 0 Å². The standard InChI is InChI=1S/C37H21NO2/c38-22-25-7-1-2-8-29(25)28-18-26(23-13-15-36-32(20-23)30-9-3-5-11-34(30)39-36)17-27(19-28)24-14-16-37-33(21-24)31-10-4-6-12-35(31)40-37/h1-21H. The van der Waals surface area contributed by atoms with E-state index in [1.54, 1.807) is 0 Å². The van der Waals surface area contributed by atoms with E-state index in [4.69, 9.17) is 8.83 Å². The van der Waals surface area contributed by atoms with Crippen molar-refractivity contribution in [2.45, 2.75) is 0 Å². The first-order chi connectivity index (χ1) is 19.7. The molecule has 8 rings (SSSR count). The van der Waals surface area contributed by atoms with Gasteiger partial charge in [0.1, 0.15) is 22.3 Å². The van der Waals surface area contributed by atoms with Gasteiger partial charge in [-0.1, -0.05) is 66.7 Å². The van der Waals surface area contributed by atoms with Gasteiger partial charge in [0, 0.05) is 21.5 Å². The van der Waals surface area contributed by atoms with E-state index >= 15 is 0 Å². The summed E-state index contributed by atoms with van der Waals surface area (Å²) < 4.78 is 12.2. The second kappa shape index (κ2) is 8.73. The molecule has 3 nitrogen and oxygen atoms in total. The molecule has 40 heavy (non-hydrogen) atoms. The summed E-state index contributed by atoms with van der Waals surface area (Å²) in [6.45, 7) is 0. The lowest BCUT2D eigenvalue weighted by Gasteiger charge is -2.12. The highest BCUT2D eigenvalue weighted by molar-refractivity contribution is 6.07. The predicted molar refractivity (Wildman–Crippen MR) is 162 cm³/mol. The molecule has 0 bridgehead atoms. The molecule has 0 saturated carbocycles. The molecule has 0 fully saturated rings. The van der Waals surface area contributed by atoms with Crippen molar-refractivity contribution in [2.24, 2.45) is 0 Å². The van der Waals surface area contributed by atoms with Crippen LogP contribution in [-0.2, 0) is 0 Å².